The van der Waals surface area contributed by atoms with Gasteiger partial charge in [0.25, 0.3) is 0 Å². The molecular formula is C11H14OSe. The van der Waals surface area contributed by atoms with Crippen LogP contribution in [-0.4, -0.2) is 20.7 Å². The summed E-state index contributed by atoms with van der Waals surface area (Å²) in [7, 11) is 0. The van der Waals surface area contributed by atoms with Gasteiger partial charge in [0.1, 0.15) is 0 Å². The van der Waals surface area contributed by atoms with Gasteiger partial charge in [-0.2, -0.15) is 0 Å². The van der Waals surface area contributed by atoms with Crippen LogP contribution in [0.5, 0.6) is 0 Å². The van der Waals surface area contributed by atoms with Crippen molar-refractivity contribution in [2.45, 2.75) is 25.1 Å². The van der Waals surface area contributed by atoms with Gasteiger partial charge < -0.3 is 0 Å². The molecule has 0 N–H and O–H groups in total. The van der Waals surface area contributed by atoms with Gasteiger partial charge in [-0.25, -0.2) is 0 Å². The first-order valence-corrected chi connectivity index (χ1v) is 6.33. The standard InChI is InChI=1S/C11H14OSe/c1-3-11(12)9(2)13-10-7-5-4-6-8-10/h4-9H,3H2,1-2H3. The van der Waals surface area contributed by atoms with Crippen LogP contribution in [0.25, 0.3) is 0 Å². The zero-order valence-corrected chi connectivity index (χ0v) is 9.70. The van der Waals surface area contributed by atoms with E-state index >= 15 is 0 Å². The van der Waals surface area contributed by atoms with E-state index in [0.717, 1.165) is 0 Å². The quantitative estimate of drug-likeness (QED) is 0.735. The Labute approximate surface area is 85.7 Å². The van der Waals surface area contributed by atoms with Crippen molar-refractivity contribution in [3.63, 3.8) is 0 Å². The maximum absolute atomic E-state index is 11.3. The van der Waals surface area contributed by atoms with E-state index in [-0.39, 0.29) is 4.82 Å². The van der Waals surface area contributed by atoms with Crippen molar-refractivity contribution in [1.29, 1.82) is 0 Å². The van der Waals surface area contributed by atoms with Crippen molar-refractivity contribution in [1.82, 2.24) is 0 Å². The fraction of sp³-hybridized carbons (Fsp3) is 0.364. The minimum atomic E-state index is 0.222. The molecule has 0 heterocycles. The molecule has 2 heteroatoms. The van der Waals surface area contributed by atoms with Gasteiger partial charge in [-0.1, -0.05) is 0 Å². The summed E-state index contributed by atoms with van der Waals surface area (Å²) in [6.45, 7) is 3.96. The normalized spacial score (nSPS) is 12.5. The molecule has 0 aliphatic rings. The molecule has 0 amide bonds. The molecular weight excluding hydrogens is 227 g/mol. The number of ketones is 1. The summed E-state index contributed by atoms with van der Waals surface area (Å²) in [6, 6.07) is 10.3. The van der Waals surface area contributed by atoms with Crippen LogP contribution >= 0.6 is 0 Å². The van der Waals surface area contributed by atoms with Crippen molar-refractivity contribution in [2.24, 2.45) is 0 Å². The SMILES string of the molecule is CCC(=O)C(C)[Se]c1ccccc1. The third kappa shape index (κ3) is 3.33. The van der Waals surface area contributed by atoms with E-state index in [1.165, 1.54) is 4.46 Å². The molecule has 0 aliphatic heterocycles. The van der Waals surface area contributed by atoms with Crippen molar-refractivity contribution >= 4 is 25.2 Å². The molecule has 0 saturated heterocycles. The first kappa shape index (κ1) is 10.5. The molecule has 1 unspecified atom stereocenters. The number of hydrogen-bond acceptors (Lipinski definition) is 1. The van der Waals surface area contributed by atoms with Gasteiger partial charge in [0, 0.05) is 0 Å². The number of benzene rings is 1. The molecule has 70 valence electrons. The second-order valence-electron chi connectivity index (χ2n) is 2.89. The minimum absolute atomic E-state index is 0.222. The molecule has 0 bridgehead atoms. The van der Waals surface area contributed by atoms with E-state index in [2.05, 4.69) is 12.1 Å². The number of rotatable bonds is 4. The molecule has 0 radical (unpaired) electrons. The Morgan fingerprint density at radius 2 is 2.00 bits per heavy atom. The summed E-state index contributed by atoms with van der Waals surface area (Å²) in [4.78, 5) is 11.6. The van der Waals surface area contributed by atoms with E-state index in [1.807, 2.05) is 32.0 Å². The average Bonchev–Trinajstić information content (AvgIpc) is 2.18. The molecule has 1 aromatic rings. The molecule has 1 rings (SSSR count). The molecule has 1 nitrogen and oxygen atoms in total. The van der Waals surface area contributed by atoms with Gasteiger partial charge in [-0.15, -0.1) is 0 Å². The fourth-order valence-corrected chi connectivity index (χ4v) is 3.20. The number of carbonyl (C=O) groups is 1. The van der Waals surface area contributed by atoms with Crippen LogP contribution in [0.1, 0.15) is 20.3 Å². The first-order valence-electron chi connectivity index (χ1n) is 4.48. The number of carbonyl (C=O) groups excluding carboxylic acids is 1. The van der Waals surface area contributed by atoms with Gasteiger partial charge in [0.2, 0.25) is 0 Å². The van der Waals surface area contributed by atoms with Crippen LogP contribution in [0.4, 0.5) is 0 Å². The maximum atomic E-state index is 11.3. The zero-order chi connectivity index (χ0) is 9.68. The van der Waals surface area contributed by atoms with E-state index in [0.29, 0.717) is 27.2 Å². The van der Waals surface area contributed by atoms with E-state index < -0.39 is 0 Å². The first-order chi connectivity index (χ1) is 6.24. The third-order valence-electron chi connectivity index (χ3n) is 1.86. The summed E-state index contributed by atoms with van der Waals surface area (Å²) < 4.78 is 1.31. The van der Waals surface area contributed by atoms with Gasteiger partial charge >= 0.3 is 85.4 Å². The van der Waals surface area contributed by atoms with Crippen LogP contribution in [-0.2, 0) is 4.79 Å². The molecule has 1 atom stereocenters. The predicted octanol–water partition coefficient (Wildman–Crippen LogP) is 1.80. The topological polar surface area (TPSA) is 17.1 Å². The van der Waals surface area contributed by atoms with Crippen LogP contribution in [0.3, 0.4) is 0 Å². The molecule has 0 aliphatic carbocycles. The Kier molecular flexibility index (Phi) is 4.20. The summed E-state index contributed by atoms with van der Waals surface area (Å²) in [5, 5.41) is 0. The second kappa shape index (κ2) is 5.21. The fourth-order valence-electron chi connectivity index (χ4n) is 1.06. The molecule has 0 aromatic heterocycles. The Morgan fingerprint density at radius 3 is 2.54 bits per heavy atom. The van der Waals surface area contributed by atoms with Crippen LogP contribution < -0.4 is 4.46 Å². The average molecular weight is 241 g/mol. The van der Waals surface area contributed by atoms with Gasteiger partial charge in [0.15, 0.2) is 0 Å². The van der Waals surface area contributed by atoms with E-state index in [9.17, 15) is 4.79 Å². The van der Waals surface area contributed by atoms with Crippen molar-refractivity contribution in [3.05, 3.63) is 30.3 Å². The third-order valence-corrected chi connectivity index (χ3v) is 4.29. The number of hydrogen-bond donors (Lipinski definition) is 0. The van der Waals surface area contributed by atoms with Crippen LogP contribution in [0.15, 0.2) is 30.3 Å². The van der Waals surface area contributed by atoms with Gasteiger partial charge in [-0.3, -0.25) is 0 Å². The Balaban J connectivity index is 2.55. The summed E-state index contributed by atoms with van der Waals surface area (Å²) in [6.07, 6.45) is 0.662. The summed E-state index contributed by atoms with van der Waals surface area (Å²) in [5.41, 5.74) is 0. The zero-order valence-electron chi connectivity index (χ0n) is 7.99. The Morgan fingerprint density at radius 1 is 1.38 bits per heavy atom. The van der Waals surface area contributed by atoms with Gasteiger partial charge in [-0.05, 0) is 0 Å². The summed E-state index contributed by atoms with van der Waals surface area (Å²) >= 11 is 0.300. The van der Waals surface area contributed by atoms with E-state index in [1.54, 1.807) is 0 Å². The number of Topliss-reactive ketones (excluding diaryl/α,β-unsaturated/α-hetero) is 1. The second-order valence-corrected chi connectivity index (χ2v) is 5.86. The molecule has 1 aromatic carbocycles. The van der Waals surface area contributed by atoms with Crippen molar-refractivity contribution in [3.8, 4) is 0 Å². The van der Waals surface area contributed by atoms with Crippen LogP contribution in [0.2, 0.25) is 4.82 Å². The van der Waals surface area contributed by atoms with E-state index in [4.69, 9.17) is 0 Å². The van der Waals surface area contributed by atoms with Crippen LogP contribution in [0, 0.1) is 0 Å². The molecule has 0 saturated carbocycles. The Hall–Kier alpha value is -0.591. The monoisotopic (exact) mass is 242 g/mol. The Bertz CT molecular complexity index is 269. The molecule has 0 spiro atoms. The van der Waals surface area contributed by atoms with Crippen molar-refractivity contribution < 1.29 is 4.79 Å². The van der Waals surface area contributed by atoms with Gasteiger partial charge in [0.05, 0.1) is 0 Å². The summed E-state index contributed by atoms with van der Waals surface area (Å²) in [5.74, 6) is 0.379. The predicted molar refractivity (Wildman–Crippen MR) is 56.6 cm³/mol. The molecule has 0 fully saturated rings. The molecule has 13 heavy (non-hydrogen) atoms. The van der Waals surface area contributed by atoms with Crippen molar-refractivity contribution in [2.75, 3.05) is 0 Å².